The van der Waals surface area contributed by atoms with E-state index in [-0.39, 0.29) is 12.7 Å². The summed E-state index contributed by atoms with van der Waals surface area (Å²) in [4.78, 5) is 2.00. The maximum Gasteiger partial charge on any atom is 0.0972 e. The summed E-state index contributed by atoms with van der Waals surface area (Å²) < 4.78 is 5.32. The van der Waals surface area contributed by atoms with E-state index in [0.29, 0.717) is 19.7 Å². The van der Waals surface area contributed by atoms with E-state index in [9.17, 15) is 5.11 Å². The zero-order chi connectivity index (χ0) is 8.97. The van der Waals surface area contributed by atoms with E-state index in [1.54, 1.807) is 0 Å². The van der Waals surface area contributed by atoms with Crippen LogP contribution in [0, 0.1) is 0 Å². The van der Waals surface area contributed by atoms with Crippen molar-refractivity contribution in [1.29, 1.82) is 0 Å². The van der Waals surface area contributed by atoms with Crippen LogP contribution in [0.2, 0.25) is 0 Å². The Kier molecular flexibility index (Phi) is 3.94. The van der Waals surface area contributed by atoms with Crippen LogP contribution in [-0.4, -0.2) is 60.2 Å². The number of aliphatic hydroxyl groups excluding tert-OH is 2. The average Bonchev–Trinajstić information content (AvgIpc) is 2.34. The van der Waals surface area contributed by atoms with Crippen LogP contribution in [0.1, 0.15) is 6.92 Å². The summed E-state index contributed by atoms with van der Waals surface area (Å²) in [5, 5.41) is 18.1. The quantitative estimate of drug-likeness (QED) is 0.579. The van der Waals surface area contributed by atoms with E-state index in [0.717, 1.165) is 6.54 Å². The molecule has 0 aliphatic carbocycles. The number of hydrogen-bond acceptors (Lipinski definition) is 4. The van der Waals surface area contributed by atoms with Crippen LogP contribution in [-0.2, 0) is 4.74 Å². The molecule has 0 aromatic rings. The molecule has 2 atom stereocenters. The van der Waals surface area contributed by atoms with Crippen molar-refractivity contribution in [2.24, 2.45) is 0 Å². The van der Waals surface area contributed by atoms with Gasteiger partial charge in [0.05, 0.1) is 18.8 Å². The molecule has 4 nitrogen and oxygen atoms in total. The largest absolute Gasteiger partial charge is 0.395 e. The van der Waals surface area contributed by atoms with Crippen molar-refractivity contribution in [3.63, 3.8) is 0 Å². The van der Waals surface area contributed by atoms with Gasteiger partial charge in [-0.15, -0.1) is 0 Å². The number of likely N-dealkylation sites (tertiary alicyclic amines) is 1. The molecule has 1 aliphatic heterocycles. The molecule has 2 unspecified atom stereocenters. The smallest absolute Gasteiger partial charge is 0.0972 e. The zero-order valence-electron chi connectivity index (χ0n) is 7.44. The zero-order valence-corrected chi connectivity index (χ0v) is 7.44. The van der Waals surface area contributed by atoms with E-state index in [1.807, 2.05) is 11.8 Å². The average molecular weight is 175 g/mol. The third-order valence-corrected chi connectivity index (χ3v) is 2.11. The third-order valence-electron chi connectivity index (χ3n) is 2.11. The molecule has 1 aliphatic rings. The molecule has 12 heavy (non-hydrogen) atoms. The molecule has 4 heteroatoms. The predicted molar refractivity (Wildman–Crippen MR) is 44.9 cm³/mol. The number of hydrogen-bond donors (Lipinski definition) is 2. The van der Waals surface area contributed by atoms with E-state index < -0.39 is 6.10 Å². The van der Waals surface area contributed by atoms with Gasteiger partial charge in [0.25, 0.3) is 0 Å². The molecule has 1 heterocycles. The highest BCUT2D eigenvalue weighted by Crippen LogP contribution is 2.12. The van der Waals surface area contributed by atoms with Gasteiger partial charge in [0.15, 0.2) is 0 Å². The minimum atomic E-state index is -0.392. The summed E-state index contributed by atoms with van der Waals surface area (Å²) in [6.07, 6.45) is -0.460. The molecule has 0 amide bonds. The van der Waals surface area contributed by atoms with Crippen LogP contribution in [0.15, 0.2) is 0 Å². The monoisotopic (exact) mass is 175 g/mol. The van der Waals surface area contributed by atoms with Gasteiger partial charge in [-0.3, -0.25) is 4.90 Å². The Hall–Kier alpha value is -0.160. The van der Waals surface area contributed by atoms with Crippen molar-refractivity contribution >= 4 is 0 Å². The number of nitrogens with zero attached hydrogens (tertiary/aromatic N) is 1. The van der Waals surface area contributed by atoms with Crippen LogP contribution < -0.4 is 0 Å². The van der Waals surface area contributed by atoms with Crippen LogP contribution in [0.5, 0.6) is 0 Å². The van der Waals surface area contributed by atoms with Gasteiger partial charge < -0.3 is 14.9 Å². The standard InChI is InChI=1S/C8H17NO3/c1-2-12-8-6-9(3-4-10)5-7(8)11/h7-8,10-11H,2-6H2,1H3. The van der Waals surface area contributed by atoms with E-state index in [2.05, 4.69) is 0 Å². The highest BCUT2D eigenvalue weighted by molar-refractivity contribution is 4.84. The van der Waals surface area contributed by atoms with E-state index >= 15 is 0 Å². The molecule has 0 radical (unpaired) electrons. The van der Waals surface area contributed by atoms with Crippen LogP contribution in [0.3, 0.4) is 0 Å². The molecular weight excluding hydrogens is 158 g/mol. The van der Waals surface area contributed by atoms with Crippen LogP contribution >= 0.6 is 0 Å². The first kappa shape index (κ1) is 9.92. The summed E-state index contributed by atoms with van der Waals surface area (Å²) >= 11 is 0. The van der Waals surface area contributed by atoms with Crippen molar-refractivity contribution < 1.29 is 14.9 Å². The van der Waals surface area contributed by atoms with Gasteiger partial charge in [0.1, 0.15) is 0 Å². The first-order valence-electron chi connectivity index (χ1n) is 4.40. The maximum absolute atomic E-state index is 9.47. The Bertz CT molecular complexity index is 131. The Morgan fingerprint density at radius 2 is 2.25 bits per heavy atom. The highest BCUT2D eigenvalue weighted by atomic mass is 16.5. The lowest BCUT2D eigenvalue weighted by Crippen LogP contribution is -2.27. The van der Waals surface area contributed by atoms with Crippen molar-refractivity contribution in [3.8, 4) is 0 Å². The van der Waals surface area contributed by atoms with Crippen molar-refractivity contribution in [1.82, 2.24) is 4.90 Å². The maximum atomic E-state index is 9.47. The topological polar surface area (TPSA) is 52.9 Å². The molecule has 0 bridgehead atoms. The lowest BCUT2D eigenvalue weighted by molar-refractivity contribution is -0.00246. The summed E-state index contributed by atoms with van der Waals surface area (Å²) in [6, 6.07) is 0. The molecule has 72 valence electrons. The number of β-amino-alcohol motifs (C(OH)–C–C–N with tert-alkyl or cyclic N) is 2. The second kappa shape index (κ2) is 4.77. The minimum Gasteiger partial charge on any atom is -0.395 e. The SMILES string of the molecule is CCOC1CN(CCO)CC1O. The lowest BCUT2D eigenvalue weighted by Gasteiger charge is -2.13. The van der Waals surface area contributed by atoms with Gasteiger partial charge in [-0.25, -0.2) is 0 Å². The lowest BCUT2D eigenvalue weighted by atomic mass is 10.3. The van der Waals surface area contributed by atoms with Crippen LogP contribution in [0.4, 0.5) is 0 Å². The van der Waals surface area contributed by atoms with Gasteiger partial charge in [0, 0.05) is 26.2 Å². The predicted octanol–water partition coefficient (Wildman–Crippen LogP) is -0.940. The van der Waals surface area contributed by atoms with E-state index in [1.165, 1.54) is 0 Å². The molecule has 0 aromatic carbocycles. The molecular formula is C8H17NO3. The molecule has 1 fully saturated rings. The van der Waals surface area contributed by atoms with Gasteiger partial charge in [-0.05, 0) is 6.92 Å². The van der Waals surface area contributed by atoms with Crippen molar-refractivity contribution in [3.05, 3.63) is 0 Å². The Morgan fingerprint density at radius 3 is 2.83 bits per heavy atom. The van der Waals surface area contributed by atoms with E-state index in [4.69, 9.17) is 9.84 Å². The highest BCUT2D eigenvalue weighted by Gasteiger charge is 2.30. The van der Waals surface area contributed by atoms with Crippen LogP contribution in [0.25, 0.3) is 0 Å². The van der Waals surface area contributed by atoms with Crippen molar-refractivity contribution in [2.45, 2.75) is 19.1 Å². The van der Waals surface area contributed by atoms with Gasteiger partial charge in [-0.2, -0.15) is 0 Å². The molecule has 0 aromatic heterocycles. The van der Waals surface area contributed by atoms with Gasteiger partial charge in [0.2, 0.25) is 0 Å². The Labute approximate surface area is 72.7 Å². The molecule has 1 saturated heterocycles. The molecule has 2 N–H and O–H groups in total. The number of rotatable bonds is 4. The summed E-state index contributed by atoms with van der Waals surface area (Å²) in [7, 11) is 0. The molecule has 1 rings (SSSR count). The second-order valence-electron chi connectivity index (χ2n) is 3.04. The fourth-order valence-corrected chi connectivity index (χ4v) is 1.53. The minimum absolute atomic E-state index is 0.0680. The second-order valence-corrected chi connectivity index (χ2v) is 3.04. The van der Waals surface area contributed by atoms with Crippen molar-refractivity contribution in [2.75, 3.05) is 32.8 Å². The summed E-state index contributed by atoms with van der Waals surface area (Å²) in [6.45, 7) is 4.67. The number of ether oxygens (including phenoxy) is 1. The molecule has 0 saturated carbocycles. The summed E-state index contributed by atoms with van der Waals surface area (Å²) in [5.74, 6) is 0. The third kappa shape index (κ3) is 2.42. The Morgan fingerprint density at radius 1 is 1.50 bits per heavy atom. The first-order valence-corrected chi connectivity index (χ1v) is 4.40. The number of aliphatic hydroxyl groups is 2. The van der Waals surface area contributed by atoms with Gasteiger partial charge >= 0.3 is 0 Å². The normalized spacial score (nSPS) is 31.2. The fraction of sp³-hybridized carbons (Fsp3) is 1.00. The molecule has 0 spiro atoms. The first-order chi connectivity index (χ1) is 5.77. The Balaban J connectivity index is 2.29. The summed E-state index contributed by atoms with van der Waals surface area (Å²) in [5.41, 5.74) is 0. The van der Waals surface area contributed by atoms with Gasteiger partial charge in [-0.1, -0.05) is 0 Å². The fourth-order valence-electron chi connectivity index (χ4n) is 1.53.